The molecule has 0 fully saturated rings. The maximum absolute atomic E-state index is 3.70. The van der Waals surface area contributed by atoms with Gasteiger partial charge in [-0.2, -0.15) is 0 Å². The lowest BCUT2D eigenvalue weighted by molar-refractivity contribution is 0.752. The summed E-state index contributed by atoms with van der Waals surface area (Å²) < 4.78 is 1.33. The molecule has 0 aliphatic carbocycles. The predicted molar refractivity (Wildman–Crippen MR) is 55.2 cm³/mol. The fourth-order valence-corrected chi connectivity index (χ4v) is 2.98. The van der Waals surface area contributed by atoms with Gasteiger partial charge in [0.15, 0.2) is 0 Å². The van der Waals surface area contributed by atoms with E-state index in [-0.39, 0.29) is 0 Å². The number of nitrogens with one attached hydrogen (secondary N) is 2. The summed E-state index contributed by atoms with van der Waals surface area (Å²) in [6.07, 6.45) is 0. The molecule has 3 rings (SSSR count). The zero-order valence-corrected chi connectivity index (χ0v) is 8.87. The average molecular weight is 239 g/mol. The van der Waals surface area contributed by atoms with E-state index in [0.717, 1.165) is 26.2 Å². The molecule has 0 unspecified atom stereocenters. The van der Waals surface area contributed by atoms with E-state index < -0.39 is 0 Å². The molecule has 3 heteroatoms. The second-order valence-electron chi connectivity index (χ2n) is 3.67. The third kappa shape index (κ3) is 1.08. The minimum absolute atomic E-state index is 1.02. The summed E-state index contributed by atoms with van der Waals surface area (Å²) in [6.45, 7) is 4.09. The van der Waals surface area contributed by atoms with E-state index in [4.69, 9.17) is 0 Å². The molecule has 13 heavy (non-hydrogen) atoms. The Balaban J connectivity index is 2.26. The number of fused-ring (bicyclic) bond motifs is 2. The van der Waals surface area contributed by atoms with Gasteiger partial charge in [0, 0.05) is 30.7 Å². The molecule has 68 valence electrons. The fourth-order valence-electron chi connectivity index (χ4n) is 2.19. The van der Waals surface area contributed by atoms with Crippen LogP contribution in [0.25, 0.3) is 0 Å². The summed E-state index contributed by atoms with van der Waals surface area (Å²) in [6, 6.07) is 2.34. The van der Waals surface area contributed by atoms with Crippen molar-refractivity contribution in [2.75, 3.05) is 0 Å². The number of rotatable bonds is 0. The molecule has 0 atom stereocenters. The SMILES string of the molecule is Brc1c2c(cc3c1CNC3)CNC2. The summed E-state index contributed by atoms with van der Waals surface area (Å²) in [5.41, 5.74) is 5.86. The van der Waals surface area contributed by atoms with Crippen LogP contribution in [0.1, 0.15) is 22.3 Å². The van der Waals surface area contributed by atoms with Gasteiger partial charge in [-0.05, 0) is 22.3 Å². The Bertz CT molecular complexity index is 341. The predicted octanol–water partition coefficient (Wildman–Crippen LogP) is 1.66. The minimum atomic E-state index is 1.02. The van der Waals surface area contributed by atoms with E-state index in [2.05, 4.69) is 32.6 Å². The van der Waals surface area contributed by atoms with Gasteiger partial charge in [-0.15, -0.1) is 0 Å². The zero-order chi connectivity index (χ0) is 8.84. The van der Waals surface area contributed by atoms with Gasteiger partial charge >= 0.3 is 0 Å². The molecule has 1 aromatic carbocycles. The first kappa shape index (κ1) is 7.97. The van der Waals surface area contributed by atoms with Crippen molar-refractivity contribution in [1.82, 2.24) is 10.6 Å². The molecule has 0 spiro atoms. The Morgan fingerprint density at radius 1 is 0.923 bits per heavy atom. The smallest absolute Gasteiger partial charge is 0.0271 e. The lowest BCUT2D eigenvalue weighted by Gasteiger charge is -2.07. The van der Waals surface area contributed by atoms with Crippen LogP contribution in [0, 0.1) is 0 Å². The number of hydrogen-bond acceptors (Lipinski definition) is 2. The first-order valence-electron chi connectivity index (χ1n) is 4.59. The lowest BCUT2D eigenvalue weighted by Crippen LogP contribution is -2.02. The van der Waals surface area contributed by atoms with Crippen LogP contribution < -0.4 is 10.6 Å². The van der Waals surface area contributed by atoms with Gasteiger partial charge in [0.1, 0.15) is 0 Å². The summed E-state index contributed by atoms with van der Waals surface area (Å²) in [5, 5.41) is 6.76. The standard InChI is InChI=1S/C10H11BrN2/c11-10-8-4-12-2-6(8)1-7-3-13-5-9(7)10/h1,12-13H,2-5H2. The average Bonchev–Trinajstić information content (AvgIpc) is 2.71. The van der Waals surface area contributed by atoms with Gasteiger partial charge in [-0.25, -0.2) is 0 Å². The summed E-state index contributed by atoms with van der Waals surface area (Å²) in [5.74, 6) is 0. The number of halogens is 1. The molecule has 2 nitrogen and oxygen atoms in total. The molecular formula is C10H11BrN2. The van der Waals surface area contributed by atoms with E-state index in [0.29, 0.717) is 0 Å². The highest BCUT2D eigenvalue weighted by atomic mass is 79.9. The van der Waals surface area contributed by atoms with Gasteiger partial charge in [0.05, 0.1) is 0 Å². The first-order chi connectivity index (χ1) is 6.36. The van der Waals surface area contributed by atoms with E-state index in [1.807, 2.05) is 0 Å². The van der Waals surface area contributed by atoms with Crippen molar-refractivity contribution in [1.29, 1.82) is 0 Å². The Morgan fingerprint density at radius 3 is 2.00 bits per heavy atom. The highest BCUT2D eigenvalue weighted by Gasteiger charge is 2.21. The Labute approximate surface area is 85.8 Å². The van der Waals surface area contributed by atoms with Crippen LogP contribution in [-0.2, 0) is 26.2 Å². The van der Waals surface area contributed by atoms with Crippen molar-refractivity contribution >= 4 is 15.9 Å². The zero-order valence-electron chi connectivity index (χ0n) is 7.28. The summed E-state index contributed by atoms with van der Waals surface area (Å²) in [4.78, 5) is 0. The first-order valence-corrected chi connectivity index (χ1v) is 5.39. The maximum atomic E-state index is 3.70. The quantitative estimate of drug-likeness (QED) is 0.719. The normalized spacial score (nSPS) is 18.8. The summed E-state index contributed by atoms with van der Waals surface area (Å²) >= 11 is 3.70. The van der Waals surface area contributed by atoms with E-state index >= 15 is 0 Å². The third-order valence-electron chi connectivity index (χ3n) is 2.89. The van der Waals surface area contributed by atoms with Crippen molar-refractivity contribution in [2.24, 2.45) is 0 Å². The maximum Gasteiger partial charge on any atom is 0.0271 e. The van der Waals surface area contributed by atoms with Crippen molar-refractivity contribution in [3.63, 3.8) is 0 Å². The van der Waals surface area contributed by atoms with Crippen LogP contribution in [0.4, 0.5) is 0 Å². The largest absolute Gasteiger partial charge is 0.309 e. The molecule has 1 aromatic rings. The van der Waals surface area contributed by atoms with Crippen molar-refractivity contribution in [3.05, 3.63) is 32.8 Å². The molecular weight excluding hydrogens is 228 g/mol. The molecule has 0 saturated heterocycles. The van der Waals surface area contributed by atoms with Crippen LogP contribution in [0.15, 0.2) is 10.5 Å². The Kier molecular flexibility index (Phi) is 1.72. The highest BCUT2D eigenvalue weighted by molar-refractivity contribution is 9.10. The molecule has 0 amide bonds. The van der Waals surface area contributed by atoms with Crippen LogP contribution in [-0.4, -0.2) is 0 Å². The molecule has 0 bridgehead atoms. The highest BCUT2D eigenvalue weighted by Crippen LogP contribution is 2.33. The van der Waals surface area contributed by atoms with Gasteiger partial charge in [0.25, 0.3) is 0 Å². The van der Waals surface area contributed by atoms with Gasteiger partial charge in [-0.1, -0.05) is 22.0 Å². The lowest BCUT2D eigenvalue weighted by atomic mass is 10.0. The summed E-state index contributed by atoms with van der Waals surface area (Å²) in [7, 11) is 0. The molecule has 2 heterocycles. The number of hydrogen-bond donors (Lipinski definition) is 2. The molecule has 2 aliphatic heterocycles. The van der Waals surface area contributed by atoms with Crippen LogP contribution in [0.3, 0.4) is 0 Å². The molecule has 2 N–H and O–H groups in total. The fraction of sp³-hybridized carbons (Fsp3) is 0.400. The molecule has 0 saturated carbocycles. The van der Waals surface area contributed by atoms with Crippen molar-refractivity contribution < 1.29 is 0 Å². The van der Waals surface area contributed by atoms with Crippen LogP contribution >= 0.6 is 15.9 Å². The second kappa shape index (κ2) is 2.80. The Morgan fingerprint density at radius 2 is 1.46 bits per heavy atom. The van der Waals surface area contributed by atoms with E-state index in [1.165, 1.54) is 26.7 Å². The second-order valence-corrected chi connectivity index (χ2v) is 4.47. The minimum Gasteiger partial charge on any atom is -0.309 e. The molecule has 0 radical (unpaired) electrons. The topological polar surface area (TPSA) is 24.1 Å². The third-order valence-corrected chi connectivity index (χ3v) is 3.85. The van der Waals surface area contributed by atoms with Crippen LogP contribution in [0.2, 0.25) is 0 Å². The van der Waals surface area contributed by atoms with Gasteiger partial charge in [-0.3, -0.25) is 0 Å². The van der Waals surface area contributed by atoms with Gasteiger partial charge < -0.3 is 10.6 Å². The van der Waals surface area contributed by atoms with Crippen LogP contribution in [0.5, 0.6) is 0 Å². The Hall–Kier alpha value is -0.380. The van der Waals surface area contributed by atoms with E-state index in [1.54, 1.807) is 0 Å². The van der Waals surface area contributed by atoms with Gasteiger partial charge in [0.2, 0.25) is 0 Å². The van der Waals surface area contributed by atoms with E-state index in [9.17, 15) is 0 Å². The number of benzene rings is 1. The monoisotopic (exact) mass is 238 g/mol. The van der Waals surface area contributed by atoms with Crippen molar-refractivity contribution in [2.45, 2.75) is 26.2 Å². The molecule has 0 aromatic heterocycles. The molecule has 2 aliphatic rings. The van der Waals surface area contributed by atoms with Crippen molar-refractivity contribution in [3.8, 4) is 0 Å².